The van der Waals surface area contributed by atoms with Crippen LogP contribution in [0, 0.1) is 0 Å². The number of carboxylic acids is 1. The molecular formula is C12H12N2O4. The lowest BCUT2D eigenvalue weighted by atomic mass is 10.1. The molecule has 0 atom stereocenters. The van der Waals surface area contributed by atoms with E-state index >= 15 is 0 Å². The van der Waals surface area contributed by atoms with Crippen LogP contribution in [0.3, 0.4) is 0 Å². The molecule has 0 aliphatic carbocycles. The van der Waals surface area contributed by atoms with Crippen LogP contribution in [-0.2, 0) is 16.0 Å². The summed E-state index contributed by atoms with van der Waals surface area (Å²) in [6.45, 7) is -0.0469. The summed E-state index contributed by atoms with van der Waals surface area (Å²) >= 11 is 0. The van der Waals surface area contributed by atoms with Gasteiger partial charge in [0.15, 0.2) is 0 Å². The lowest BCUT2D eigenvalue weighted by Gasteiger charge is -2.16. The molecule has 0 radical (unpaired) electrons. The summed E-state index contributed by atoms with van der Waals surface area (Å²) < 4.78 is 0. The fourth-order valence-electron chi connectivity index (χ4n) is 1.91. The van der Waals surface area contributed by atoms with Crippen molar-refractivity contribution in [3.05, 3.63) is 29.3 Å². The fraction of sp³-hybridized carbons (Fsp3) is 0.250. The number of benzene rings is 1. The van der Waals surface area contributed by atoms with Gasteiger partial charge < -0.3 is 15.3 Å². The topological polar surface area (TPSA) is 86.7 Å². The number of anilines is 1. The lowest BCUT2D eigenvalue weighted by Crippen LogP contribution is -2.37. The number of likely N-dealkylation sites (N-methyl/N-ethyl adjacent to an activating group) is 1. The zero-order valence-electron chi connectivity index (χ0n) is 9.77. The van der Waals surface area contributed by atoms with Crippen LogP contribution in [-0.4, -0.2) is 36.5 Å². The van der Waals surface area contributed by atoms with Crippen molar-refractivity contribution in [1.29, 1.82) is 0 Å². The van der Waals surface area contributed by atoms with Crippen molar-refractivity contribution in [2.24, 2.45) is 0 Å². The smallest absolute Gasteiger partial charge is 0.335 e. The Morgan fingerprint density at radius 3 is 2.78 bits per heavy atom. The summed E-state index contributed by atoms with van der Waals surface area (Å²) in [7, 11) is 1.50. The highest BCUT2D eigenvalue weighted by molar-refractivity contribution is 6.05. The van der Waals surface area contributed by atoms with E-state index in [0.717, 1.165) is 0 Å². The maximum Gasteiger partial charge on any atom is 0.335 e. The first-order valence-corrected chi connectivity index (χ1v) is 5.40. The van der Waals surface area contributed by atoms with Crippen molar-refractivity contribution < 1.29 is 19.5 Å². The highest BCUT2D eigenvalue weighted by Crippen LogP contribution is 2.29. The van der Waals surface area contributed by atoms with E-state index in [0.29, 0.717) is 11.3 Å². The molecule has 6 heteroatoms. The number of carbonyl (C=O) groups is 3. The molecule has 0 saturated carbocycles. The van der Waals surface area contributed by atoms with Crippen LogP contribution in [0.5, 0.6) is 0 Å². The van der Waals surface area contributed by atoms with E-state index in [4.69, 9.17) is 5.11 Å². The lowest BCUT2D eigenvalue weighted by molar-refractivity contribution is -0.122. The maximum atomic E-state index is 11.8. The second-order valence-corrected chi connectivity index (χ2v) is 3.98. The molecule has 2 amide bonds. The number of nitrogens with one attached hydrogen (secondary N) is 1. The summed E-state index contributed by atoms with van der Waals surface area (Å²) in [4.78, 5) is 35.2. The highest BCUT2D eigenvalue weighted by atomic mass is 16.4. The SMILES string of the molecule is CNC(=O)CN1C(=O)Cc2cc(C(=O)O)ccc21. The number of amides is 2. The quantitative estimate of drug-likeness (QED) is 0.789. The Hall–Kier alpha value is -2.37. The molecular weight excluding hydrogens is 236 g/mol. The van der Waals surface area contributed by atoms with Crippen LogP contribution >= 0.6 is 0 Å². The first kappa shape index (κ1) is 12.1. The van der Waals surface area contributed by atoms with Gasteiger partial charge in [-0.05, 0) is 23.8 Å². The van der Waals surface area contributed by atoms with E-state index in [2.05, 4.69) is 5.32 Å². The van der Waals surface area contributed by atoms with E-state index < -0.39 is 5.97 Å². The van der Waals surface area contributed by atoms with E-state index in [1.54, 1.807) is 6.07 Å². The molecule has 0 spiro atoms. The fourth-order valence-corrected chi connectivity index (χ4v) is 1.91. The van der Waals surface area contributed by atoms with Crippen molar-refractivity contribution in [3.8, 4) is 0 Å². The van der Waals surface area contributed by atoms with Crippen molar-refractivity contribution in [2.75, 3.05) is 18.5 Å². The molecule has 2 N–H and O–H groups in total. The minimum atomic E-state index is -1.03. The number of hydrogen-bond acceptors (Lipinski definition) is 3. The summed E-state index contributed by atoms with van der Waals surface area (Å²) in [5.41, 5.74) is 1.39. The summed E-state index contributed by atoms with van der Waals surface area (Å²) in [6, 6.07) is 4.46. The van der Waals surface area contributed by atoms with Gasteiger partial charge in [-0.2, -0.15) is 0 Å². The Morgan fingerprint density at radius 2 is 2.17 bits per heavy atom. The van der Waals surface area contributed by atoms with E-state index in [9.17, 15) is 14.4 Å². The van der Waals surface area contributed by atoms with Gasteiger partial charge in [-0.15, -0.1) is 0 Å². The number of carboxylic acid groups (broad SMARTS) is 1. The van der Waals surface area contributed by atoms with E-state index in [1.807, 2.05) is 0 Å². The molecule has 1 aromatic rings. The summed E-state index contributed by atoms with van der Waals surface area (Å²) in [6.07, 6.45) is 0.132. The molecule has 94 valence electrons. The third-order valence-corrected chi connectivity index (χ3v) is 2.84. The minimum absolute atomic E-state index is 0.0469. The van der Waals surface area contributed by atoms with E-state index in [-0.39, 0.29) is 30.3 Å². The van der Waals surface area contributed by atoms with Crippen molar-refractivity contribution in [2.45, 2.75) is 6.42 Å². The molecule has 0 aromatic heterocycles. The largest absolute Gasteiger partial charge is 0.478 e. The Kier molecular flexibility index (Phi) is 3.01. The average Bonchev–Trinajstić information content (AvgIpc) is 2.64. The predicted molar refractivity (Wildman–Crippen MR) is 63.5 cm³/mol. The average molecular weight is 248 g/mol. The second kappa shape index (κ2) is 4.48. The second-order valence-electron chi connectivity index (χ2n) is 3.98. The first-order chi connectivity index (χ1) is 8.52. The zero-order chi connectivity index (χ0) is 13.3. The van der Waals surface area contributed by atoms with Crippen LogP contribution in [0.15, 0.2) is 18.2 Å². The number of aromatic carboxylic acids is 1. The molecule has 0 fully saturated rings. The number of rotatable bonds is 3. The number of fused-ring (bicyclic) bond motifs is 1. The van der Waals surface area contributed by atoms with Gasteiger partial charge in [0.2, 0.25) is 11.8 Å². The molecule has 0 saturated heterocycles. The molecule has 0 bridgehead atoms. The molecule has 1 aliphatic heterocycles. The van der Waals surface area contributed by atoms with Gasteiger partial charge in [-0.25, -0.2) is 4.79 Å². The Balaban J connectivity index is 2.32. The molecule has 1 heterocycles. The van der Waals surface area contributed by atoms with Gasteiger partial charge in [0, 0.05) is 12.7 Å². The Labute approximate surface area is 103 Å². The van der Waals surface area contributed by atoms with Gasteiger partial charge in [-0.3, -0.25) is 9.59 Å². The molecule has 18 heavy (non-hydrogen) atoms. The Morgan fingerprint density at radius 1 is 1.44 bits per heavy atom. The standard InChI is InChI=1S/C12H12N2O4/c1-13-10(15)6-14-9-3-2-7(12(17)18)4-8(9)5-11(14)16/h2-4H,5-6H2,1H3,(H,13,15)(H,17,18). The van der Waals surface area contributed by atoms with Crippen LogP contribution < -0.4 is 10.2 Å². The molecule has 1 aliphatic rings. The van der Waals surface area contributed by atoms with Gasteiger partial charge in [0.25, 0.3) is 0 Å². The molecule has 1 aromatic carbocycles. The zero-order valence-corrected chi connectivity index (χ0v) is 9.77. The van der Waals surface area contributed by atoms with Crippen LogP contribution in [0.4, 0.5) is 5.69 Å². The molecule has 2 rings (SSSR count). The molecule has 0 unspecified atom stereocenters. The monoisotopic (exact) mass is 248 g/mol. The number of nitrogens with zero attached hydrogens (tertiary/aromatic N) is 1. The van der Waals surface area contributed by atoms with Crippen LogP contribution in [0.1, 0.15) is 15.9 Å². The molecule has 6 nitrogen and oxygen atoms in total. The van der Waals surface area contributed by atoms with Gasteiger partial charge >= 0.3 is 5.97 Å². The third kappa shape index (κ3) is 2.04. The van der Waals surface area contributed by atoms with E-state index in [1.165, 1.54) is 24.1 Å². The van der Waals surface area contributed by atoms with Crippen molar-refractivity contribution in [1.82, 2.24) is 5.32 Å². The first-order valence-electron chi connectivity index (χ1n) is 5.40. The van der Waals surface area contributed by atoms with Crippen LogP contribution in [0.25, 0.3) is 0 Å². The Bertz CT molecular complexity index is 539. The maximum absolute atomic E-state index is 11.8. The van der Waals surface area contributed by atoms with Crippen molar-refractivity contribution in [3.63, 3.8) is 0 Å². The number of hydrogen-bond donors (Lipinski definition) is 2. The minimum Gasteiger partial charge on any atom is -0.478 e. The summed E-state index contributed by atoms with van der Waals surface area (Å²) in [5.74, 6) is -1.50. The normalized spacial score (nSPS) is 13.4. The van der Waals surface area contributed by atoms with Crippen molar-refractivity contribution >= 4 is 23.5 Å². The van der Waals surface area contributed by atoms with Gasteiger partial charge in [0.05, 0.1) is 12.0 Å². The highest BCUT2D eigenvalue weighted by Gasteiger charge is 2.29. The number of carbonyl (C=O) groups excluding carboxylic acids is 2. The van der Waals surface area contributed by atoms with Gasteiger partial charge in [0.1, 0.15) is 6.54 Å². The van der Waals surface area contributed by atoms with Crippen LogP contribution in [0.2, 0.25) is 0 Å². The summed E-state index contributed by atoms with van der Waals surface area (Å²) in [5, 5.41) is 11.3. The van der Waals surface area contributed by atoms with Gasteiger partial charge in [-0.1, -0.05) is 0 Å². The predicted octanol–water partition coefficient (Wildman–Crippen LogP) is 0.0199. The third-order valence-electron chi connectivity index (χ3n) is 2.84.